The van der Waals surface area contributed by atoms with Gasteiger partial charge in [-0.3, -0.25) is 0 Å². The molecule has 0 aliphatic carbocycles. The van der Waals surface area contributed by atoms with E-state index in [-0.39, 0.29) is 12.0 Å². The van der Waals surface area contributed by atoms with Crippen LogP contribution in [-0.4, -0.2) is 52.3 Å². The molecule has 0 spiro atoms. The first-order chi connectivity index (χ1) is 15.7. The minimum atomic E-state index is -0.334. The summed E-state index contributed by atoms with van der Waals surface area (Å²) in [7, 11) is 0. The van der Waals surface area contributed by atoms with Crippen molar-refractivity contribution in [2.24, 2.45) is 0 Å². The van der Waals surface area contributed by atoms with Gasteiger partial charge >= 0.3 is 6.03 Å². The maximum atomic E-state index is 12.4. The van der Waals surface area contributed by atoms with Crippen molar-refractivity contribution in [2.75, 3.05) is 42.3 Å². The van der Waals surface area contributed by atoms with Crippen LogP contribution in [0.25, 0.3) is 0 Å². The van der Waals surface area contributed by atoms with Crippen molar-refractivity contribution in [2.45, 2.75) is 6.54 Å². The molecular formula is C22H22N8O2. The average Bonchev–Trinajstić information content (AvgIpc) is 2.83. The average molecular weight is 430 g/mol. The monoisotopic (exact) mass is 430 g/mol. The fourth-order valence-corrected chi connectivity index (χ4v) is 3.11. The maximum Gasteiger partial charge on any atom is 0.319 e. The summed E-state index contributed by atoms with van der Waals surface area (Å²) < 4.78 is 5.40. The van der Waals surface area contributed by atoms with E-state index in [0.717, 1.165) is 30.0 Å². The first kappa shape index (κ1) is 21.0. The maximum absolute atomic E-state index is 12.4. The number of hydrogen-bond acceptors (Lipinski definition) is 8. The van der Waals surface area contributed by atoms with E-state index in [1.165, 1.54) is 6.33 Å². The number of nitrogens with one attached hydrogen (secondary N) is 2. The van der Waals surface area contributed by atoms with Crippen molar-refractivity contribution in [3.8, 4) is 11.8 Å². The number of nitrogens with two attached hydrogens (primary N) is 1. The molecule has 2 aromatic heterocycles. The van der Waals surface area contributed by atoms with E-state index in [1.807, 2.05) is 12.1 Å². The van der Waals surface area contributed by atoms with Crippen LogP contribution in [0.15, 0.2) is 49.2 Å². The van der Waals surface area contributed by atoms with Crippen molar-refractivity contribution in [1.82, 2.24) is 25.3 Å². The van der Waals surface area contributed by atoms with Crippen LogP contribution in [-0.2, 0) is 11.3 Å². The molecule has 162 valence electrons. The Balaban J connectivity index is 1.36. The molecule has 1 saturated heterocycles. The zero-order valence-corrected chi connectivity index (χ0v) is 17.3. The highest BCUT2D eigenvalue weighted by Crippen LogP contribution is 2.17. The molecule has 0 saturated carbocycles. The lowest BCUT2D eigenvalue weighted by Crippen LogP contribution is -2.38. The minimum absolute atomic E-state index is 0.201. The number of carbonyl (C=O) groups excluding carboxylic acids is 1. The van der Waals surface area contributed by atoms with Crippen molar-refractivity contribution in [3.63, 3.8) is 0 Å². The third kappa shape index (κ3) is 5.68. The molecule has 3 aromatic rings. The minimum Gasteiger partial charge on any atom is -0.378 e. The number of rotatable bonds is 4. The van der Waals surface area contributed by atoms with Gasteiger partial charge in [0.1, 0.15) is 12.1 Å². The molecule has 0 unspecified atom stereocenters. The molecule has 10 nitrogen and oxygen atoms in total. The van der Waals surface area contributed by atoms with E-state index >= 15 is 0 Å². The second-order valence-corrected chi connectivity index (χ2v) is 6.94. The first-order valence-corrected chi connectivity index (χ1v) is 10.0. The van der Waals surface area contributed by atoms with Crippen LogP contribution in [0.3, 0.4) is 0 Å². The number of amides is 2. The Bertz CT molecular complexity index is 1130. The molecule has 4 rings (SSSR count). The molecule has 0 atom stereocenters. The molecule has 32 heavy (non-hydrogen) atoms. The van der Waals surface area contributed by atoms with E-state index in [9.17, 15) is 4.79 Å². The molecule has 1 aliphatic rings. The molecule has 10 heteroatoms. The lowest BCUT2D eigenvalue weighted by Gasteiger charge is -2.29. The quantitative estimate of drug-likeness (QED) is 0.530. The Morgan fingerprint density at radius 3 is 2.69 bits per heavy atom. The van der Waals surface area contributed by atoms with Gasteiger partial charge in [-0.2, -0.15) is 0 Å². The third-order valence-electron chi connectivity index (χ3n) is 4.66. The van der Waals surface area contributed by atoms with Gasteiger partial charge in [-0.1, -0.05) is 17.9 Å². The van der Waals surface area contributed by atoms with E-state index < -0.39 is 0 Å². The summed E-state index contributed by atoms with van der Waals surface area (Å²) in [5.74, 6) is 7.00. The van der Waals surface area contributed by atoms with Gasteiger partial charge in [0.25, 0.3) is 0 Å². The van der Waals surface area contributed by atoms with Gasteiger partial charge in [-0.05, 0) is 18.2 Å². The summed E-state index contributed by atoms with van der Waals surface area (Å²) in [5.41, 5.74) is 8.34. The van der Waals surface area contributed by atoms with Gasteiger partial charge in [-0.25, -0.2) is 24.7 Å². The number of ether oxygens (including phenoxy) is 1. The first-order valence-electron chi connectivity index (χ1n) is 10.0. The Kier molecular flexibility index (Phi) is 6.69. The normalized spacial score (nSPS) is 13.1. The fraction of sp³-hybridized carbons (Fsp3) is 0.227. The van der Waals surface area contributed by atoms with Gasteiger partial charge in [0.15, 0.2) is 0 Å². The van der Waals surface area contributed by atoms with Gasteiger partial charge in [-0.15, -0.1) is 0 Å². The number of urea groups is 1. The molecule has 4 N–H and O–H groups in total. The zero-order chi connectivity index (χ0) is 22.2. The summed E-state index contributed by atoms with van der Waals surface area (Å²) in [6, 6.07) is 6.92. The van der Waals surface area contributed by atoms with Crippen LogP contribution in [0, 0.1) is 11.8 Å². The van der Waals surface area contributed by atoms with E-state index in [1.54, 1.807) is 30.7 Å². The summed E-state index contributed by atoms with van der Waals surface area (Å²) in [4.78, 5) is 30.9. The number of hydrogen-bond donors (Lipinski definition) is 3. The lowest BCUT2D eigenvalue weighted by atomic mass is 10.2. The molecule has 1 aliphatic heterocycles. The van der Waals surface area contributed by atoms with Gasteiger partial charge in [0.2, 0.25) is 5.95 Å². The van der Waals surface area contributed by atoms with Crippen LogP contribution < -0.4 is 21.3 Å². The van der Waals surface area contributed by atoms with Crippen LogP contribution >= 0.6 is 0 Å². The number of anilines is 3. The van der Waals surface area contributed by atoms with Gasteiger partial charge < -0.3 is 26.0 Å². The second-order valence-electron chi connectivity index (χ2n) is 6.94. The van der Waals surface area contributed by atoms with Crippen molar-refractivity contribution in [1.29, 1.82) is 0 Å². The Hall–Kier alpha value is -4.23. The molecule has 2 amide bonds. The van der Waals surface area contributed by atoms with Crippen LogP contribution in [0.1, 0.15) is 16.7 Å². The number of aromatic nitrogens is 4. The van der Waals surface area contributed by atoms with E-state index in [4.69, 9.17) is 10.5 Å². The number of benzene rings is 1. The van der Waals surface area contributed by atoms with Gasteiger partial charge in [0.05, 0.1) is 18.8 Å². The van der Waals surface area contributed by atoms with Gasteiger partial charge in [0, 0.05) is 55.0 Å². The summed E-state index contributed by atoms with van der Waals surface area (Å²) in [6.45, 7) is 3.12. The predicted molar refractivity (Wildman–Crippen MR) is 120 cm³/mol. The second kappa shape index (κ2) is 10.2. The standard InChI is InChI=1S/C22H22N8O2/c23-21-25-11-17(12-26-21)5-4-16-2-1-3-19(10-16)29-22(31)27-14-18-13-24-15-28-20(18)30-6-8-32-9-7-30/h1-3,10-13,15H,6-9,14H2,(H2,23,25,26)(H2,27,29,31). The van der Waals surface area contributed by atoms with Crippen molar-refractivity contribution < 1.29 is 9.53 Å². The molecule has 1 fully saturated rings. The highest BCUT2D eigenvalue weighted by molar-refractivity contribution is 5.89. The number of morpholine rings is 1. The molecule has 0 bridgehead atoms. The Morgan fingerprint density at radius 2 is 1.88 bits per heavy atom. The van der Waals surface area contributed by atoms with Crippen LogP contribution in [0.5, 0.6) is 0 Å². The zero-order valence-electron chi connectivity index (χ0n) is 17.3. The highest BCUT2D eigenvalue weighted by atomic mass is 16.5. The largest absolute Gasteiger partial charge is 0.378 e. The highest BCUT2D eigenvalue weighted by Gasteiger charge is 2.16. The Labute approximate surface area is 185 Å². The predicted octanol–water partition coefficient (Wildman–Crippen LogP) is 1.41. The lowest BCUT2D eigenvalue weighted by molar-refractivity contribution is 0.122. The smallest absolute Gasteiger partial charge is 0.319 e. The SMILES string of the molecule is Nc1ncc(C#Cc2cccc(NC(=O)NCc3cncnc3N3CCOCC3)c2)cn1. The molecule has 1 aromatic carbocycles. The van der Waals surface area contributed by atoms with E-state index in [0.29, 0.717) is 31.0 Å². The fourth-order valence-electron chi connectivity index (χ4n) is 3.11. The third-order valence-corrected chi connectivity index (χ3v) is 4.66. The Morgan fingerprint density at radius 1 is 1.09 bits per heavy atom. The van der Waals surface area contributed by atoms with Crippen molar-refractivity contribution >= 4 is 23.5 Å². The number of carbonyl (C=O) groups is 1. The van der Waals surface area contributed by atoms with Crippen molar-refractivity contribution in [3.05, 3.63) is 65.9 Å². The van der Waals surface area contributed by atoms with Crippen LogP contribution in [0.2, 0.25) is 0 Å². The molecular weight excluding hydrogens is 408 g/mol. The topological polar surface area (TPSA) is 131 Å². The summed E-state index contributed by atoms with van der Waals surface area (Å²) >= 11 is 0. The number of nitrogens with zero attached hydrogens (tertiary/aromatic N) is 5. The molecule has 3 heterocycles. The summed E-state index contributed by atoms with van der Waals surface area (Å²) in [5, 5.41) is 5.68. The number of nitrogen functional groups attached to an aromatic ring is 1. The summed E-state index contributed by atoms with van der Waals surface area (Å²) in [6.07, 6.45) is 6.35. The van der Waals surface area contributed by atoms with E-state index in [2.05, 4.69) is 47.3 Å². The molecule has 0 radical (unpaired) electrons. The van der Waals surface area contributed by atoms with Crippen LogP contribution in [0.4, 0.5) is 22.2 Å².